The summed E-state index contributed by atoms with van der Waals surface area (Å²) in [5.74, 6) is 0.644. The van der Waals surface area contributed by atoms with Gasteiger partial charge < -0.3 is 5.73 Å². The quantitative estimate of drug-likeness (QED) is 0.539. The maximum Gasteiger partial charge on any atom is 0.133 e. The molecular formula is C21H15ClN4. The molecule has 1 aliphatic rings. The summed E-state index contributed by atoms with van der Waals surface area (Å²) in [6.45, 7) is 0. The molecule has 4 nitrogen and oxygen atoms in total. The highest BCUT2D eigenvalue weighted by Gasteiger charge is 2.30. The van der Waals surface area contributed by atoms with E-state index in [0.29, 0.717) is 5.82 Å². The van der Waals surface area contributed by atoms with E-state index in [1.807, 2.05) is 36.7 Å². The lowest BCUT2D eigenvalue weighted by molar-refractivity contribution is 0.792. The number of fused-ring (bicyclic) bond motifs is 5. The Bertz CT molecular complexity index is 1160. The van der Waals surface area contributed by atoms with Crippen LogP contribution >= 0.6 is 11.6 Å². The van der Waals surface area contributed by atoms with E-state index in [2.05, 4.69) is 22.1 Å². The van der Waals surface area contributed by atoms with Crippen molar-refractivity contribution in [2.24, 2.45) is 0 Å². The fraction of sp³-hybridized carbons (Fsp3) is 0.0952. The van der Waals surface area contributed by atoms with Crippen molar-refractivity contribution in [2.45, 2.75) is 12.3 Å². The van der Waals surface area contributed by atoms with Crippen LogP contribution < -0.4 is 5.73 Å². The number of nitrogen functional groups attached to an aromatic ring is 1. The smallest absolute Gasteiger partial charge is 0.133 e. The van der Waals surface area contributed by atoms with Crippen LogP contribution in [0.15, 0.2) is 61.2 Å². The Balaban J connectivity index is 1.88. The van der Waals surface area contributed by atoms with Crippen molar-refractivity contribution in [1.29, 1.82) is 0 Å². The van der Waals surface area contributed by atoms with Crippen molar-refractivity contribution in [3.63, 3.8) is 0 Å². The monoisotopic (exact) mass is 358 g/mol. The van der Waals surface area contributed by atoms with Gasteiger partial charge in [-0.2, -0.15) is 0 Å². The van der Waals surface area contributed by atoms with Gasteiger partial charge in [0.05, 0.1) is 5.69 Å². The summed E-state index contributed by atoms with van der Waals surface area (Å²) >= 11 is 6.28. The van der Waals surface area contributed by atoms with Gasteiger partial charge in [-0.3, -0.25) is 9.97 Å². The highest BCUT2D eigenvalue weighted by molar-refractivity contribution is 6.30. The molecule has 1 aliphatic carbocycles. The topological polar surface area (TPSA) is 64.7 Å². The third-order valence-electron chi connectivity index (χ3n) is 5.06. The number of nitrogens with two attached hydrogens (primary N) is 1. The number of aromatic nitrogens is 3. The number of hydrogen-bond acceptors (Lipinski definition) is 4. The first kappa shape index (κ1) is 15.3. The van der Waals surface area contributed by atoms with E-state index in [1.165, 1.54) is 16.7 Å². The molecule has 0 saturated carbocycles. The number of benzene rings is 1. The maximum atomic E-state index is 6.28. The van der Waals surface area contributed by atoms with Crippen LogP contribution in [-0.4, -0.2) is 15.0 Å². The number of nitrogens with zero attached hydrogens (tertiary/aromatic N) is 3. The minimum atomic E-state index is 0.150. The van der Waals surface area contributed by atoms with Crippen LogP contribution in [0.25, 0.3) is 22.0 Å². The van der Waals surface area contributed by atoms with Crippen molar-refractivity contribution in [3.05, 3.63) is 82.9 Å². The number of halogens is 1. The molecule has 1 aromatic carbocycles. The molecule has 4 aromatic rings. The second kappa shape index (κ2) is 5.78. The van der Waals surface area contributed by atoms with Crippen LogP contribution in [-0.2, 0) is 6.42 Å². The van der Waals surface area contributed by atoms with Crippen LogP contribution in [0.3, 0.4) is 0 Å². The Morgan fingerprint density at radius 1 is 1.00 bits per heavy atom. The molecule has 0 fully saturated rings. The molecule has 0 spiro atoms. The summed E-state index contributed by atoms with van der Waals surface area (Å²) in [7, 11) is 0. The zero-order chi connectivity index (χ0) is 17.7. The van der Waals surface area contributed by atoms with E-state index < -0.39 is 0 Å². The number of anilines is 1. The first-order chi connectivity index (χ1) is 12.7. The predicted molar refractivity (Wildman–Crippen MR) is 104 cm³/mol. The Morgan fingerprint density at radius 3 is 2.73 bits per heavy atom. The molecule has 5 heteroatoms. The first-order valence-corrected chi connectivity index (χ1v) is 8.82. The van der Waals surface area contributed by atoms with Crippen LogP contribution in [0, 0.1) is 0 Å². The molecular weight excluding hydrogens is 344 g/mol. The number of hydrogen-bond donors (Lipinski definition) is 1. The van der Waals surface area contributed by atoms with Gasteiger partial charge in [0.2, 0.25) is 0 Å². The van der Waals surface area contributed by atoms with Gasteiger partial charge in [-0.15, -0.1) is 0 Å². The molecule has 126 valence electrons. The van der Waals surface area contributed by atoms with Gasteiger partial charge in [0, 0.05) is 46.7 Å². The van der Waals surface area contributed by atoms with E-state index in [0.717, 1.165) is 33.5 Å². The Hall–Kier alpha value is -2.98. The van der Waals surface area contributed by atoms with Gasteiger partial charge in [0.1, 0.15) is 5.82 Å². The van der Waals surface area contributed by atoms with Gasteiger partial charge in [-0.1, -0.05) is 23.7 Å². The van der Waals surface area contributed by atoms with Crippen LogP contribution in [0.2, 0.25) is 5.02 Å². The number of rotatable bonds is 1. The average Bonchev–Trinajstić information content (AvgIpc) is 2.67. The van der Waals surface area contributed by atoms with Crippen LogP contribution in [0.4, 0.5) is 5.82 Å². The van der Waals surface area contributed by atoms with Crippen molar-refractivity contribution in [3.8, 4) is 11.3 Å². The predicted octanol–water partition coefficient (Wildman–Crippen LogP) is 4.62. The van der Waals surface area contributed by atoms with E-state index in [-0.39, 0.29) is 5.92 Å². The molecule has 0 saturated heterocycles. The normalized spacial score (nSPS) is 15.5. The standard InChI is InChI=1S/C21H15ClN4/c22-14-3-1-2-12(8-14)16-9-13-4-6-24-10-17(13)20-19(16)15-5-7-25-11-18(15)21(23)26-20/h1-8,10-11,16H,9H2,(H2,23,26). The van der Waals surface area contributed by atoms with E-state index >= 15 is 0 Å². The summed E-state index contributed by atoms with van der Waals surface area (Å²) in [6.07, 6.45) is 8.16. The molecule has 0 radical (unpaired) electrons. The van der Waals surface area contributed by atoms with Gasteiger partial charge >= 0.3 is 0 Å². The minimum Gasteiger partial charge on any atom is -0.383 e. The van der Waals surface area contributed by atoms with E-state index in [4.69, 9.17) is 22.3 Å². The molecule has 0 aliphatic heterocycles. The highest BCUT2D eigenvalue weighted by atomic mass is 35.5. The van der Waals surface area contributed by atoms with E-state index in [1.54, 1.807) is 12.4 Å². The molecule has 3 aromatic heterocycles. The third-order valence-corrected chi connectivity index (χ3v) is 5.30. The molecule has 26 heavy (non-hydrogen) atoms. The molecule has 3 heterocycles. The Labute approximate surface area is 155 Å². The molecule has 1 atom stereocenters. The fourth-order valence-electron chi connectivity index (χ4n) is 3.90. The lowest BCUT2D eigenvalue weighted by Gasteiger charge is -2.29. The largest absolute Gasteiger partial charge is 0.383 e. The van der Waals surface area contributed by atoms with Crippen LogP contribution in [0.5, 0.6) is 0 Å². The summed E-state index contributed by atoms with van der Waals surface area (Å²) in [6, 6.07) is 12.1. The summed E-state index contributed by atoms with van der Waals surface area (Å²) < 4.78 is 0. The molecule has 5 rings (SSSR count). The lowest BCUT2D eigenvalue weighted by atomic mass is 9.76. The second-order valence-electron chi connectivity index (χ2n) is 6.53. The van der Waals surface area contributed by atoms with Crippen molar-refractivity contribution in [1.82, 2.24) is 15.0 Å². The zero-order valence-electron chi connectivity index (χ0n) is 13.9. The third kappa shape index (κ3) is 2.26. The van der Waals surface area contributed by atoms with Gasteiger partial charge in [-0.05, 0) is 52.8 Å². The molecule has 0 amide bonds. The summed E-state index contributed by atoms with van der Waals surface area (Å²) in [5, 5.41) is 2.70. The van der Waals surface area contributed by atoms with Crippen LogP contribution in [0.1, 0.15) is 22.6 Å². The Kier molecular flexibility index (Phi) is 3.40. The first-order valence-electron chi connectivity index (χ1n) is 8.44. The maximum absolute atomic E-state index is 6.28. The minimum absolute atomic E-state index is 0.150. The molecule has 0 bridgehead atoms. The Morgan fingerprint density at radius 2 is 1.85 bits per heavy atom. The number of pyridine rings is 3. The van der Waals surface area contributed by atoms with Gasteiger partial charge in [0.15, 0.2) is 0 Å². The van der Waals surface area contributed by atoms with Crippen molar-refractivity contribution >= 4 is 28.2 Å². The van der Waals surface area contributed by atoms with E-state index in [9.17, 15) is 0 Å². The SMILES string of the molecule is Nc1nc2c(c3ccncc13)C(c1cccc(Cl)c1)Cc1ccncc1-2. The van der Waals surface area contributed by atoms with Crippen molar-refractivity contribution in [2.75, 3.05) is 5.73 Å². The fourth-order valence-corrected chi connectivity index (χ4v) is 4.10. The average molecular weight is 359 g/mol. The highest BCUT2D eigenvalue weighted by Crippen LogP contribution is 2.45. The lowest BCUT2D eigenvalue weighted by Crippen LogP contribution is -2.15. The zero-order valence-corrected chi connectivity index (χ0v) is 14.6. The summed E-state index contributed by atoms with van der Waals surface area (Å²) in [4.78, 5) is 13.3. The second-order valence-corrected chi connectivity index (χ2v) is 6.96. The molecule has 2 N–H and O–H groups in total. The van der Waals surface area contributed by atoms with Gasteiger partial charge in [0.25, 0.3) is 0 Å². The van der Waals surface area contributed by atoms with Crippen molar-refractivity contribution < 1.29 is 0 Å². The summed E-state index contributed by atoms with van der Waals surface area (Å²) in [5.41, 5.74) is 11.8. The van der Waals surface area contributed by atoms with Gasteiger partial charge in [-0.25, -0.2) is 4.98 Å². The molecule has 1 unspecified atom stereocenters.